The average Bonchev–Trinajstić information content (AvgIpc) is 3.01. The molecule has 0 amide bonds. The molecule has 0 saturated heterocycles. The SMILES string of the molecule is CCc1cc(S(C)(=O)=O)ncc1Nc1cc(N(C)PC)c2ncn(C)c2c1. The van der Waals surface area contributed by atoms with E-state index in [-0.39, 0.29) is 5.03 Å². The lowest BCUT2D eigenvalue weighted by Crippen LogP contribution is -2.06. The Kier molecular flexibility index (Phi) is 5.40. The molecular formula is C18H24N5O2PS. The van der Waals surface area contributed by atoms with Crippen LogP contribution < -0.4 is 9.99 Å². The van der Waals surface area contributed by atoms with Crippen molar-refractivity contribution in [3.05, 3.63) is 36.3 Å². The smallest absolute Gasteiger partial charge is 0.192 e. The van der Waals surface area contributed by atoms with Gasteiger partial charge in [-0.25, -0.2) is 18.4 Å². The van der Waals surface area contributed by atoms with Crippen LogP contribution in [0.5, 0.6) is 0 Å². The Morgan fingerprint density at radius 1 is 1.26 bits per heavy atom. The summed E-state index contributed by atoms with van der Waals surface area (Å²) in [4.78, 5) is 8.65. The van der Waals surface area contributed by atoms with Crippen molar-refractivity contribution in [2.45, 2.75) is 18.4 Å². The number of imidazole rings is 1. The summed E-state index contributed by atoms with van der Waals surface area (Å²) in [6.45, 7) is 4.12. The summed E-state index contributed by atoms with van der Waals surface area (Å²) >= 11 is 0. The number of aryl methyl sites for hydroxylation is 2. The Morgan fingerprint density at radius 2 is 2.00 bits per heavy atom. The first-order valence-corrected chi connectivity index (χ1v) is 11.9. The van der Waals surface area contributed by atoms with Crippen LogP contribution in [0.3, 0.4) is 0 Å². The maximum absolute atomic E-state index is 11.8. The number of nitrogens with one attached hydrogen (secondary N) is 1. The second-order valence-corrected chi connectivity index (χ2v) is 9.51. The molecule has 0 radical (unpaired) electrons. The summed E-state index contributed by atoms with van der Waals surface area (Å²) in [7, 11) is 1.30. The van der Waals surface area contributed by atoms with Crippen molar-refractivity contribution in [2.24, 2.45) is 7.05 Å². The van der Waals surface area contributed by atoms with Crippen molar-refractivity contribution in [2.75, 3.05) is 30.0 Å². The zero-order chi connectivity index (χ0) is 19.8. The van der Waals surface area contributed by atoms with Gasteiger partial charge in [0.1, 0.15) is 5.52 Å². The standard InChI is InChI=1S/C18H24N5O2PS/c1-6-12-7-17(27(5,24)25)19-10-14(12)21-13-8-15-18(20-11-22(15)2)16(9-13)23(3)26-4/h7-11,21,26H,6H2,1-5H3. The number of anilines is 3. The Bertz CT molecular complexity index is 1090. The maximum Gasteiger partial charge on any atom is 0.192 e. The number of hydrogen-bond acceptors (Lipinski definition) is 6. The van der Waals surface area contributed by atoms with Crippen LogP contribution in [0.4, 0.5) is 17.1 Å². The van der Waals surface area contributed by atoms with Crippen LogP contribution >= 0.6 is 8.73 Å². The summed E-state index contributed by atoms with van der Waals surface area (Å²) in [5.41, 5.74) is 5.66. The van der Waals surface area contributed by atoms with Crippen molar-refractivity contribution in [1.29, 1.82) is 0 Å². The van der Waals surface area contributed by atoms with Gasteiger partial charge in [-0.2, -0.15) is 0 Å². The Hall–Kier alpha value is -2.18. The fourth-order valence-corrected chi connectivity index (χ4v) is 3.91. The minimum absolute atomic E-state index is 0.0968. The zero-order valence-electron chi connectivity index (χ0n) is 16.1. The van der Waals surface area contributed by atoms with Crippen LogP contribution in [0.1, 0.15) is 12.5 Å². The number of pyridine rings is 1. The Morgan fingerprint density at radius 3 is 2.63 bits per heavy atom. The highest BCUT2D eigenvalue weighted by Gasteiger charge is 2.15. The van der Waals surface area contributed by atoms with Gasteiger partial charge >= 0.3 is 0 Å². The molecule has 0 fully saturated rings. The first-order valence-electron chi connectivity index (χ1n) is 8.56. The molecule has 1 aromatic carbocycles. The van der Waals surface area contributed by atoms with E-state index >= 15 is 0 Å². The van der Waals surface area contributed by atoms with Gasteiger partial charge in [0.15, 0.2) is 14.9 Å². The van der Waals surface area contributed by atoms with Crippen molar-refractivity contribution in [3.63, 3.8) is 0 Å². The van der Waals surface area contributed by atoms with Crippen LogP contribution in [-0.4, -0.2) is 42.9 Å². The second-order valence-electron chi connectivity index (χ2n) is 6.43. The van der Waals surface area contributed by atoms with E-state index in [9.17, 15) is 8.42 Å². The van der Waals surface area contributed by atoms with Gasteiger partial charge in [0, 0.05) is 26.0 Å². The minimum atomic E-state index is -3.33. The molecule has 0 bridgehead atoms. The van der Waals surface area contributed by atoms with Crippen LogP contribution in [-0.2, 0) is 23.3 Å². The normalized spacial score (nSPS) is 12.2. The monoisotopic (exact) mass is 405 g/mol. The number of benzene rings is 1. The zero-order valence-corrected chi connectivity index (χ0v) is 17.9. The van der Waals surface area contributed by atoms with E-state index in [2.05, 4.69) is 32.7 Å². The van der Waals surface area contributed by atoms with Crippen molar-refractivity contribution in [3.8, 4) is 0 Å². The third kappa shape index (κ3) is 3.92. The van der Waals surface area contributed by atoms with Crippen LogP contribution in [0.15, 0.2) is 35.7 Å². The molecule has 0 aliphatic heterocycles. The number of aromatic nitrogens is 3. The molecule has 0 aliphatic rings. The summed E-state index contributed by atoms with van der Waals surface area (Å²) in [6.07, 6.45) is 5.27. The number of rotatable bonds is 6. The topological polar surface area (TPSA) is 80.1 Å². The highest BCUT2D eigenvalue weighted by molar-refractivity contribution is 7.90. The van der Waals surface area contributed by atoms with E-state index in [0.717, 1.165) is 33.7 Å². The molecule has 2 heterocycles. The fraction of sp³-hybridized carbons (Fsp3) is 0.333. The number of nitrogens with zero attached hydrogens (tertiary/aromatic N) is 4. The second kappa shape index (κ2) is 7.44. The van der Waals surface area contributed by atoms with E-state index in [1.807, 2.05) is 38.0 Å². The van der Waals surface area contributed by atoms with Crippen molar-refractivity contribution >= 4 is 46.7 Å². The molecule has 1 unspecified atom stereocenters. The highest BCUT2D eigenvalue weighted by atomic mass is 32.2. The fourth-order valence-electron chi connectivity index (χ4n) is 2.90. The largest absolute Gasteiger partial charge is 0.355 e. The van der Waals surface area contributed by atoms with Gasteiger partial charge in [-0.05, 0) is 45.6 Å². The van der Waals surface area contributed by atoms with Gasteiger partial charge in [0.25, 0.3) is 0 Å². The van der Waals surface area contributed by atoms with Crippen molar-refractivity contribution < 1.29 is 8.42 Å². The molecule has 7 nitrogen and oxygen atoms in total. The molecule has 2 aromatic heterocycles. The first-order chi connectivity index (χ1) is 12.7. The third-order valence-electron chi connectivity index (χ3n) is 4.51. The highest BCUT2D eigenvalue weighted by Crippen LogP contribution is 2.35. The van der Waals surface area contributed by atoms with Gasteiger partial charge in [-0.3, -0.25) is 0 Å². The molecule has 9 heteroatoms. The van der Waals surface area contributed by atoms with Crippen LogP contribution in [0.25, 0.3) is 11.0 Å². The van der Waals surface area contributed by atoms with E-state index in [1.54, 1.807) is 12.3 Å². The lowest BCUT2D eigenvalue weighted by atomic mass is 10.1. The lowest BCUT2D eigenvalue weighted by Gasteiger charge is -2.19. The van der Waals surface area contributed by atoms with Gasteiger partial charge in [0.05, 0.1) is 29.4 Å². The van der Waals surface area contributed by atoms with E-state index in [1.165, 1.54) is 6.26 Å². The molecule has 1 N–H and O–H groups in total. The number of hydrogen-bond donors (Lipinski definition) is 1. The van der Waals surface area contributed by atoms with Crippen LogP contribution in [0.2, 0.25) is 0 Å². The molecule has 3 rings (SSSR count). The van der Waals surface area contributed by atoms with Gasteiger partial charge in [-0.15, -0.1) is 0 Å². The van der Waals surface area contributed by atoms with E-state index < -0.39 is 9.84 Å². The predicted octanol–water partition coefficient (Wildman–Crippen LogP) is 3.34. The maximum atomic E-state index is 11.8. The molecular weight excluding hydrogens is 381 g/mol. The molecule has 3 aromatic rings. The quantitative estimate of drug-likeness (QED) is 0.634. The minimum Gasteiger partial charge on any atom is -0.355 e. The average molecular weight is 405 g/mol. The Labute approximate surface area is 161 Å². The summed E-state index contributed by atoms with van der Waals surface area (Å²) in [5, 5.41) is 3.51. The molecule has 0 saturated carbocycles. The summed E-state index contributed by atoms with van der Waals surface area (Å²) in [6, 6.07) is 5.75. The molecule has 27 heavy (non-hydrogen) atoms. The molecule has 1 atom stereocenters. The third-order valence-corrected chi connectivity index (χ3v) is 6.41. The van der Waals surface area contributed by atoms with Gasteiger partial charge in [-0.1, -0.05) is 6.92 Å². The molecule has 0 aliphatic carbocycles. The van der Waals surface area contributed by atoms with Gasteiger partial charge in [0.2, 0.25) is 0 Å². The van der Waals surface area contributed by atoms with Crippen LogP contribution in [0, 0.1) is 0 Å². The van der Waals surface area contributed by atoms with Crippen molar-refractivity contribution in [1.82, 2.24) is 14.5 Å². The summed E-state index contributed by atoms with van der Waals surface area (Å²) in [5.74, 6) is 0. The Balaban J connectivity index is 2.08. The molecule has 0 spiro atoms. The molecule has 144 valence electrons. The predicted molar refractivity (Wildman–Crippen MR) is 113 cm³/mol. The van der Waals surface area contributed by atoms with Gasteiger partial charge < -0.3 is 14.6 Å². The number of fused-ring (bicyclic) bond motifs is 1. The lowest BCUT2D eigenvalue weighted by molar-refractivity contribution is 0.598. The first kappa shape index (κ1) is 19.6. The van der Waals surface area contributed by atoms with E-state index in [0.29, 0.717) is 15.2 Å². The number of sulfone groups is 1. The summed E-state index contributed by atoms with van der Waals surface area (Å²) < 4.78 is 27.7. The van der Waals surface area contributed by atoms with E-state index in [4.69, 9.17) is 0 Å².